The Kier molecular flexibility index (Phi) is 5.26. The number of nitrogens with zero attached hydrogens (tertiary/aromatic N) is 6. The topological polar surface area (TPSA) is 87.2 Å². The fraction of sp³-hybridized carbons (Fsp3) is 0.462. The van der Waals surface area contributed by atoms with E-state index < -0.39 is 5.03 Å². The highest BCUT2D eigenvalue weighted by Crippen LogP contribution is 2.29. The fourth-order valence-corrected chi connectivity index (χ4v) is 1.96. The summed E-state index contributed by atoms with van der Waals surface area (Å²) in [7, 11) is 3.58. The zero-order chi connectivity index (χ0) is 16.1. The highest BCUT2D eigenvalue weighted by atomic mass is 35.5. The number of rotatable bonds is 5. The van der Waals surface area contributed by atoms with E-state index in [4.69, 9.17) is 11.6 Å². The van der Waals surface area contributed by atoms with Crippen LogP contribution < -0.4 is 0 Å². The zero-order valence-electron chi connectivity index (χ0n) is 12.4. The molecule has 0 amide bonds. The van der Waals surface area contributed by atoms with Gasteiger partial charge in [-0.2, -0.15) is 4.99 Å². The van der Waals surface area contributed by atoms with Gasteiger partial charge >= 0.3 is 0 Å². The van der Waals surface area contributed by atoms with Gasteiger partial charge in [0.25, 0.3) is 5.96 Å². The van der Waals surface area contributed by atoms with Crippen LogP contribution in [-0.4, -0.2) is 52.3 Å². The van der Waals surface area contributed by atoms with Crippen LogP contribution in [-0.2, 0) is 6.54 Å². The molecule has 0 unspecified atom stereocenters. The molecular formula is C13H17ClN6O2. The third kappa shape index (κ3) is 4.96. The third-order valence-corrected chi connectivity index (χ3v) is 3.18. The Balaban J connectivity index is 2.22. The van der Waals surface area contributed by atoms with Crippen LogP contribution in [0.1, 0.15) is 18.4 Å². The molecular weight excluding hydrogens is 308 g/mol. The zero-order valence-corrected chi connectivity index (χ0v) is 13.1. The van der Waals surface area contributed by atoms with Crippen LogP contribution in [0.15, 0.2) is 28.4 Å². The number of aliphatic imine (C=N–C) groups is 1. The molecule has 1 saturated carbocycles. The van der Waals surface area contributed by atoms with Crippen LogP contribution in [0, 0.1) is 10.1 Å². The minimum absolute atomic E-state index is 0.0937. The molecule has 1 fully saturated rings. The summed E-state index contributed by atoms with van der Waals surface area (Å²) in [6, 6.07) is 3.74. The Morgan fingerprint density at radius 1 is 1.55 bits per heavy atom. The molecule has 1 heterocycles. The number of nitro groups is 1. The molecule has 1 aromatic rings. The Morgan fingerprint density at radius 2 is 2.27 bits per heavy atom. The number of aromatic nitrogens is 1. The first kappa shape index (κ1) is 16.2. The van der Waals surface area contributed by atoms with E-state index >= 15 is 0 Å². The van der Waals surface area contributed by atoms with Gasteiger partial charge in [0.1, 0.15) is 10.3 Å². The summed E-state index contributed by atoms with van der Waals surface area (Å²) in [5, 5.41) is 13.9. The van der Waals surface area contributed by atoms with E-state index in [1.165, 1.54) is 6.34 Å². The number of pyridine rings is 1. The monoisotopic (exact) mass is 324 g/mol. The highest BCUT2D eigenvalue weighted by Gasteiger charge is 2.33. The van der Waals surface area contributed by atoms with Crippen molar-refractivity contribution in [2.24, 2.45) is 10.1 Å². The maximum absolute atomic E-state index is 10.8. The van der Waals surface area contributed by atoms with E-state index in [1.807, 2.05) is 11.0 Å². The summed E-state index contributed by atoms with van der Waals surface area (Å²) in [6.45, 7) is 0.451. The minimum atomic E-state index is -0.724. The molecule has 1 aliphatic rings. The standard InChI is InChI=1S/C13H17ClN6O2/c1-18(2)9-16-13(17-20(21)22)19(11-4-5-11)8-10-3-6-12(14)15-7-10/h3,6-7,9,11H,4-5,8H2,1-2H3. The lowest BCUT2D eigenvalue weighted by molar-refractivity contribution is -0.485. The number of hydrazone groups is 1. The smallest absolute Gasteiger partial charge is 0.299 e. The second kappa shape index (κ2) is 7.17. The first-order chi connectivity index (χ1) is 10.5. The summed E-state index contributed by atoms with van der Waals surface area (Å²) >= 11 is 5.77. The predicted molar refractivity (Wildman–Crippen MR) is 84.4 cm³/mol. The van der Waals surface area contributed by atoms with E-state index in [-0.39, 0.29) is 12.0 Å². The van der Waals surface area contributed by atoms with Gasteiger partial charge in [0.2, 0.25) is 0 Å². The van der Waals surface area contributed by atoms with Gasteiger partial charge in [0.05, 0.1) is 6.34 Å². The molecule has 1 aliphatic carbocycles. The van der Waals surface area contributed by atoms with Crippen LogP contribution in [0.25, 0.3) is 0 Å². The van der Waals surface area contributed by atoms with Crippen molar-refractivity contribution in [2.45, 2.75) is 25.4 Å². The normalized spacial score (nSPS) is 15.1. The molecule has 0 aromatic carbocycles. The number of hydrogen-bond acceptors (Lipinski definition) is 3. The van der Waals surface area contributed by atoms with Crippen molar-refractivity contribution < 1.29 is 5.03 Å². The van der Waals surface area contributed by atoms with Crippen molar-refractivity contribution in [3.63, 3.8) is 0 Å². The molecule has 22 heavy (non-hydrogen) atoms. The van der Waals surface area contributed by atoms with Gasteiger partial charge in [0, 0.05) is 32.9 Å². The lowest BCUT2D eigenvalue weighted by Gasteiger charge is -2.21. The van der Waals surface area contributed by atoms with Crippen molar-refractivity contribution in [3.05, 3.63) is 39.2 Å². The first-order valence-electron chi connectivity index (χ1n) is 6.76. The Bertz CT molecular complexity index is 583. The quantitative estimate of drug-likeness (QED) is 0.271. The van der Waals surface area contributed by atoms with Crippen LogP contribution in [0.2, 0.25) is 5.15 Å². The molecule has 0 atom stereocenters. The number of hydrogen-bond donors (Lipinski definition) is 0. The molecule has 0 aliphatic heterocycles. The lowest BCUT2D eigenvalue weighted by Crippen LogP contribution is -2.33. The molecule has 2 rings (SSSR count). The molecule has 1 aromatic heterocycles. The van der Waals surface area contributed by atoms with Crippen molar-refractivity contribution in [2.75, 3.05) is 14.1 Å². The van der Waals surface area contributed by atoms with Crippen LogP contribution in [0.3, 0.4) is 0 Å². The van der Waals surface area contributed by atoms with E-state index in [2.05, 4.69) is 15.1 Å². The molecule has 0 bridgehead atoms. The van der Waals surface area contributed by atoms with E-state index in [9.17, 15) is 10.1 Å². The average molecular weight is 325 g/mol. The Morgan fingerprint density at radius 3 is 2.77 bits per heavy atom. The van der Waals surface area contributed by atoms with Crippen molar-refractivity contribution in [1.29, 1.82) is 0 Å². The van der Waals surface area contributed by atoms with Crippen LogP contribution in [0.4, 0.5) is 0 Å². The van der Waals surface area contributed by atoms with Crippen molar-refractivity contribution in [1.82, 2.24) is 14.8 Å². The van der Waals surface area contributed by atoms with E-state index in [0.29, 0.717) is 11.7 Å². The molecule has 0 radical (unpaired) electrons. The first-order valence-corrected chi connectivity index (χ1v) is 7.14. The maximum atomic E-state index is 10.8. The van der Waals surface area contributed by atoms with Gasteiger partial charge < -0.3 is 9.80 Å². The largest absolute Gasteiger partial charge is 0.369 e. The summed E-state index contributed by atoms with van der Waals surface area (Å²) < 4.78 is 0. The number of halogens is 1. The highest BCUT2D eigenvalue weighted by molar-refractivity contribution is 6.29. The van der Waals surface area contributed by atoms with Gasteiger partial charge in [-0.05, 0) is 24.5 Å². The van der Waals surface area contributed by atoms with Gasteiger partial charge in [-0.1, -0.05) is 17.7 Å². The van der Waals surface area contributed by atoms with Gasteiger partial charge in [-0.3, -0.25) is 0 Å². The minimum Gasteiger partial charge on any atom is -0.369 e. The molecule has 8 nitrogen and oxygen atoms in total. The molecule has 0 N–H and O–H groups in total. The van der Waals surface area contributed by atoms with E-state index in [1.54, 1.807) is 31.3 Å². The van der Waals surface area contributed by atoms with Gasteiger partial charge in [-0.15, -0.1) is 0 Å². The maximum Gasteiger partial charge on any atom is 0.299 e. The third-order valence-electron chi connectivity index (χ3n) is 2.96. The average Bonchev–Trinajstić information content (AvgIpc) is 3.27. The fourth-order valence-electron chi connectivity index (χ4n) is 1.84. The van der Waals surface area contributed by atoms with Crippen molar-refractivity contribution >= 4 is 23.9 Å². The SMILES string of the molecule is CN(C)C=NC(=N[N+](=O)[O-])N(Cc1ccc(Cl)nc1)C1CC1. The molecule has 0 saturated heterocycles. The molecule has 0 spiro atoms. The van der Waals surface area contributed by atoms with Crippen LogP contribution in [0.5, 0.6) is 0 Å². The predicted octanol–water partition coefficient (Wildman–Crippen LogP) is 1.84. The molecule has 118 valence electrons. The lowest BCUT2D eigenvalue weighted by atomic mass is 10.2. The second-order valence-corrected chi connectivity index (χ2v) is 5.58. The van der Waals surface area contributed by atoms with Crippen molar-refractivity contribution in [3.8, 4) is 0 Å². The Labute approximate surface area is 133 Å². The second-order valence-electron chi connectivity index (χ2n) is 5.19. The Hall–Kier alpha value is -2.22. The summed E-state index contributed by atoms with van der Waals surface area (Å²) in [5.74, 6) is 0.0937. The summed E-state index contributed by atoms with van der Waals surface area (Å²) in [6.07, 6.45) is 5.08. The van der Waals surface area contributed by atoms with Gasteiger partial charge in [0.15, 0.2) is 5.03 Å². The number of guanidine groups is 1. The molecule has 9 heteroatoms. The summed E-state index contributed by atoms with van der Waals surface area (Å²) in [4.78, 5) is 22.5. The van der Waals surface area contributed by atoms with E-state index in [0.717, 1.165) is 18.4 Å². The van der Waals surface area contributed by atoms with Crippen LogP contribution >= 0.6 is 11.6 Å². The van der Waals surface area contributed by atoms with Gasteiger partial charge in [-0.25, -0.2) is 15.1 Å². The summed E-state index contributed by atoms with van der Waals surface area (Å²) in [5.41, 5.74) is 0.896.